The highest BCUT2D eigenvalue weighted by Gasteiger charge is 2.07. The Morgan fingerprint density at radius 3 is 2.78 bits per heavy atom. The molecule has 0 spiro atoms. The van der Waals surface area contributed by atoms with E-state index in [1.54, 1.807) is 6.20 Å². The second-order valence-electron chi connectivity index (χ2n) is 4.19. The van der Waals surface area contributed by atoms with Crippen molar-refractivity contribution in [2.75, 3.05) is 0 Å². The number of hydrogen-bond acceptors (Lipinski definition) is 3. The number of nitrogens with zero attached hydrogens (tertiary/aromatic N) is 1. The van der Waals surface area contributed by atoms with Crippen molar-refractivity contribution in [2.45, 2.75) is 6.92 Å². The Morgan fingerprint density at radius 2 is 2.00 bits per heavy atom. The zero-order chi connectivity index (χ0) is 12.5. The molecule has 1 aromatic carbocycles. The van der Waals surface area contributed by atoms with E-state index in [1.165, 1.54) is 6.07 Å². The summed E-state index contributed by atoms with van der Waals surface area (Å²) in [5, 5.41) is 0.606. The highest BCUT2D eigenvalue weighted by Crippen LogP contribution is 2.20. The van der Waals surface area contributed by atoms with Gasteiger partial charge in [-0.1, -0.05) is 17.7 Å². The summed E-state index contributed by atoms with van der Waals surface area (Å²) in [6.07, 6.45) is 1.68. The molecule has 0 unspecified atom stereocenters. The minimum absolute atomic E-state index is 0.0411. The van der Waals surface area contributed by atoms with Crippen LogP contribution in [0.1, 0.15) is 5.56 Å². The molecule has 3 rings (SSSR count). The SMILES string of the molecule is Cc1ccc2oc(-c3ccccn3)cc(=O)c2c1. The first-order valence-electron chi connectivity index (χ1n) is 5.70. The molecule has 0 bridgehead atoms. The molecule has 3 heteroatoms. The van der Waals surface area contributed by atoms with Gasteiger partial charge in [0.25, 0.3) is 0 Å². The molecule has 0 aliphatic heterocycles. The van der Waals surface area contributed by atoms with Gasteiger partial charge in [-0.3, -0.25) is 9.78 Å². The lowest BCUT2D eigenvalue weighted by Crippen LogP contribution is -2.01. The molecule has 88 valence electrons. The van der Waals surface area contributed by atoms with Gasteiger partial charge in [0.15, 0.2) is 11.2 Å². The van der Waals surface area contributed by atoms with Crippen molar-refractivity contribution in [1.29, 1.82) is 0 Å². The minimum atomic E-state index is -0.0411. The van der Waals surface area contributed by atoms with Crippen molar-refractivity contribution in [3.05, 3.63) is 64.4 Å². The van der Waals surface area contributed by atoms with Crippen LogP contribution in [-0.4, -0.2) is 4.98 Å². The summed E-state index contributed by atoms with van der Waals surface area (Å²) in [6.45, 7) is 1.95. The maximum Gasteiger partial charge on any atom is 0.193 e. The topological polar surface area (TPSA) is 43.1 Å². The molecule has 3 nitrogen and oxygen atoms in total. The monoisotopic (exact) mass is 237 g/mol. The Hall–Kier alpha value is -2.42. The molecule has 0 amide bonds. The van der Waals surface area contributed by atoms with Crippen molar-refractivity contribution in [2.24, 2.45) is 0 Å². The van der Waals surface area contributed by atoms with Crippen molar-refractivity contribution in [3.63, 3.8) is 0 Å². The Bertz CT molecular complexity index is 760. The summed E-state index contributed by atoms with van der Waals surface area (Å²) in [5.74, 6) is 0.497. The molecule has 0 N–H and O–H groups in total. The van der Waals surface area contributed by atoms with Crippen molar-refractivity contribution < 1.29 is 4.42 Å². The lowest BCUT2D eigenvalue weighted by Gasteiger charge is -2.02. The number of benzene rings is 1. The minimum Gasteiger partial charge on any atom is -0.454 e. The summed E-state index contributed by atoms with van der Waals surface area (Å²) in [4.78, 5) is 16.2. The maximum atomic E-state index is 12.0. The van der Waals surface area contributed by atoms with Crippen LogP contribution in [0.4, 0.5) is 0 Å². The van der Waals surface area contributed by atoms with Crippen LogP contribution >= 0.6 is 0 Å². The number of hydrogen-bond donors (Lipinski definition) is 0. The van der Waals surface area contributed by atoms with Gasteiger partial charge in [0.05, 0.1) is 5.39 Å². The number of aryl methyl sites for hydroxylation is 1. The molecule has 0 saturated carbocycles. The molecule has 3 aromatic rings. The van der Waals surface area contributed by atoms with E-state index in [0.29, 0.717) is 22.4 Å². The average Bonchev–Trinajstić information content (AvgIpc) is 2.40. The van der Waals surface area contributed by atoms with Crippen LogP contribution in [0.2, 0.25) is 0 Å². The molecular formula is C15H11NO2. The van der Waals surface area contributed by atoms with Crippen LogP contribution in [0.25, 0.3) is 22.4 Å². The van der Waals surface area contributed by atoms with E-state index in [-0.39, 0.29) is 5.43 Å². The molecule has 18 heavy (non-hydrogen) atoms. The van der Waals surface area contributed by atoms with Gasteiger partial charge in [-0.05, 0) is 31.2 Å². The smallest absolute Gasteiger partial charge is 0.193 e. The van der Waals surface area contributed by atoms with Gasteiger partial charge >= 0.3 is 0 Å². The van der Waals surface area contributed by atoms with Gasteiger partial charge in [0.2, 0.25) is 0 Å². The van der Waals surface area contributed by atoms with Crippen LogP contribution in [-0.2, 0) is 0 Å². The molecular weight excluding hydrogens is 226 g/mol. The average molecular weight is 237 g/mol. The van der Waals surface area contributed by atoms with E-state index in [2.05, 4.69) is 4.98 Å². The molecule has 0 radical (unpaired) electrons. The lowest BCUT2D eigenvalue weighted by molar-refractivity contribution is 0.616. The number of fused-ring (bicyclic) bond motifs is 1. The van der Waals surface area contributed by atoms with Crippen molar-refractivity contribution in [1.82, 2.24) is 4.98 Å². The third kappa shape index (κ3) is 1.80. The van der Waals surface area contributed by atoms with Crippen LogP contribution in [0.5, 0.6) is 0 Å². The van der Waals surface area contributed by atoms with Crippen LogP contribution in [0, 0.1) is 6.92 Å². The van der Waals surface area contributed by atoms with E-state index in [1.807, 2.05) is 43.3 Å². The lowest BCUT2D eigenvalue weighted by atomic mass is 10.1. The molecule has 0 fully saturated rings. The summed E-state index contributed by atoms with van der Waals surface area (Å²) in [7, 11) is 0. The molecule has 0 aliphatic rings. The van der Waals surface area contributed by atoms with Crippen LogP contribution < -0.4 is 5.43 Å². The summed E-state index contributed by atoms with van der Waals surface area (Å²) in [6, 6.07) is 12.6. The summed E-state index contributed by atoms with van der Waals surface area (Å²) in [5.41, 5.74) is 2.26. The van der Waals surface area contributed by atoms with E-state index >= 15 is 0 Å². The normalized spacial score (nSPS) is 10.7. The van der Waals surface area contributed by atoms with Gasteiger partial charge < -0.3 is 4.42 Å². The van der Waals surface area contributed by atoms with E-state index in [4.69, 9.17) is 4.42 Å². The summed E-state index contributed by atoms with van der Waals surface area (Å²) < 4.78 is 5.72. The fraction of sp³-hybridized carbons (Fsp3) is 0.0667. The van der Waals surface area contributed by atoms with Crippen molar-refractivity contribution in [3.8, 4) is 11.5 Å². The Labute approximate surface area is 104 Å². The Kier molecular flexibility index (Phi) is 2.45. The zero-order valence-electron chi connectivity index (χ0n) is 9.88. The van der Waals surface area contributed by atoms with Crippen LogP contribution in [0.15, 0.2) is 57.9 Å². The summed E-state index contributed by atoms with van der Waals surface area (Å²) >= 11 is 0. The van der Waals surface area contributed by atoms with E-state index in [9.17, 15) is 4.79 Å². The van der Waals surface area contributed by atoms with Gasteiger partial charge in [-0.2, -0.15) is 0 Å². The van der Waals surface area contributed by atoms with E-state index in [0.717, 1.165) is 5.56 Å². The third-order valence-electron chi connectivity index (χ3n) is 2.80. The first-order valence-corrected chi connectivity index (χ1v) is 5.70. The number of aromatic nitrogens is 1. The van der Waals surface area contributed by atoms with Crippen LogP contribution in [0.3, 0.4) is 0 Å². The maximum absolute atomic E-state index is 12.0. The van der Waals surface area contributed by atoms with Gasteiger partial charge in [0.1, 0.15) is 11.3 Å². The molecule has 0 atom stereocenters. The quantitative estimate of drug-likeness (QED) is 0.653. The van der Waals surface area contributed by atoms with Gasteiger partial charge in [-0.15, -0.1) is 0 Å². The largest absolute Gasteiger partial charge is 0.454 e. The fourth-order valence-electron chi connectivity index (χ4n) is 1.90. The second kappa shape index (κ2) is 4.11. The molecule has 0 aliphatic carbocycles. The Morgan fingerprint density at radius 1 is 1.11 bits per heavy atom. The zero-order valence-corrected chi connectivity index (χ0v) is 9.88. The first kappa shape index (κ1) is 10.7. The standard InChI is InChI=1S/C15H11NO2/c1-10-5-6-14-11(8-10)13(17)9-15(18-14)12-4-2-3-7-16-12/h2-9H,1H3. The Balaban J connectivity index is 2.29. The van der Waals surface area contributed by atoms with Gasteiger partial charge in [-0.25, -0.2) is 0 Å². The molecule has 2 aromatic heterocycles. The van der Waals surface area contributed by atoms with Crippen molar-refractivity contribution >= 4 is 11.0 Å². The van der Waals surface area contributed by atoms with Gasteiger partial charge in [0, 0.05) is 12.3 Å². The predicted octanol–water partition coefficient (Wildman–Crippen LogP) is 3.16. The predicted molar refractivity (Wildman–Crippen MR) is 70.5 cm³/mol. The number of pyridine rings is 1. The second-order valence-corrected chi connectivity index (χ2v) is 4.19. The third-order valence-corrected chi connectivity index (χ3v) is 2.80. The molecule has 2 heterocycles. The molecule has 0 saturated heterocycles. The fourth-order valence-corrected chi connectivity index (χ4v) is 1.90. The first-order chi connectivity index (χ1) is 8.74. The highest BCUT2D eigenvalue weighted by atomic mass is 16.3. The highest BCUT2D eigenvalue weighted by molar-refractivity contribution is 5.78. The van der Waals surface area contributed by atoms with E-state index < -0.39 is 0 Å². The number of rotatable bonds is 1.